The van der Waals surface area contributed by atoms with Gasteiger partial charge in [0.1, 0.15) is 34.6 Å². The fraction of sp³-hybridized carbons (Fsp3) is 0.500. The summed E-state index contributed by atoms with van der Waals surface area (Å²) in [7, 11) is 2.58. The Morgan fingerprint density at radius 2 is 1.30 bits per heavy atom. The molecule has 0 unspecified atom stereocenters. The highest BCUT2D eigenvalue weighted by molar-refractivity contribution is 6.31. The van der Waals surface area contributed by atoms with Crippen LogP contribution in [0.2, 0.25) is 5.15 Å². The molecule has 0 spiro atoms. The van der Waals surface area contributed by atoms with E-state index in [1.807, 2.05) is 60.0 Å². The molecular weight excluding hydrogens is 788 g/mol. The number of hydrogen-bond donors (Lipinski definition) is 4. The van der Waals surface area contributed by atoms with Crippen LogP contribution in [-0.4, -0.2) is 106 Å². The maximum atomic E-state index is 14.1. The molecular formula is C44H55ClN8O7. The lowest BCUT2D eigenvalue weighted by Gasteiger charge is -2.34. The molecule has 7 rings (SSSR count). The molecule has 320 valence electrons. The van der Waals surface area contributed by atoms with Crippen LogP contribution in [0.5, 0.6) is 0 Å². The van der Waals surface area contributed by atoms with Crippen LogP contribution in [-0.2, 0) is 23.8 Å². The number of halogens is 1. The minimum atomic E-state index is -0.733. The molecule has 2 aromatic heterocycles. The Balaban J connectivity index is 1.04. The van der Waals surface area contributed by atoms with Crippen LogP contribution in [0.4, 0.5) is 9.59 Å². The fourth-order valence-electron chi connectivity index (χ4n) is 8.80. The molecule has 60 heavy (non-hydrogen) atoms. The van der Waals surface area contributed by atoms with Crippen molar-refractivity contribution in [3.05, 3.63) is 71.5 Å². The molecule has 15 nitrogen and oxygen atoms in total. The van der Waals surface area contributed by atoms with E-state index in [0.29, 0.717) is 68.1 Å². The molecule has 3 aliphatic rings. The van der Waals surface area contributed by atoms with E-state index >= 15 is 0 Å². The number of nitrogens with zero attached hydrogens (tertiary/aromatic N) is 4. The first-order chi connectivity index (χ1) is 28.8. The number of imidazole rings is 2. The highest BCUT2D eigenvalue weighted by atomic mass is 35.5. The van der Waals surface area contributed by atoms with Crippen LogP contribution < -0.4 is 10.6 Å². The van der Waals surface area contributed by atoms with E-state index in [2.05, 4.69) is 46.6 Å². The van der Waals surface area contributed by atoms with Crippen molar-refractivity contribution >= 4 is 35.6 Å². The first-order valence-corrected chi connectivity index (χ1v) is 21.1. The number of H-pyrrole nitrogens is 2. The van der Waals surface area contributed by atoms with Crippen molar-refractivity contribution in [2.45, 2.75) is 77.5 Å². The number of benzene rings is 2. The standard InChI is InChI=1S/C44H55ClN8O7/c1-24(2)35(49-43(56)58-5)41(54)52-22-25(3)19-33(52)39-46-21-32(47-39)29-11-7-27(8-12-29)28-9-13-30(14-10-28)36-38(45)51-40(48-36)34-20-26(4)23-53(34)42(55)37(50-44(57)59-6)31-15-17-60-18-16-31/h7-14,21,24-26,31,33-35,37H,15-20,22-23H2,1-6H3,(H,46,47)(H,48,51)(H,49,56)(H,50,57)/t25-,26-,33-,34-,35-,37-/m0/s1. The molecule has 3 saturated heterocycles. The van der Waals surface area contributed by atoms with E-state index in [4.69, 9.17) is 35.8 Å². The summed E-state index contributed by atoms with van der Waals surface area (Å²) in [6.45, 7) is 10.2. The number of methoxy groups -OCH3 is 2. The van der Waals surface area contributed by atoms with Gasteiger partial charge in [0.05, 0.1) is 38.2 Å². The normalized spacial score (nSPS) is 21.8. The topological polar surface area (TPSA) is 184 Å². The number of nitrogens with one attached hydrogen (secondary N) is 4. The van der Waals surface area contributed by atoms with Crippen molar-refractivity contribution < 1.29 is 33.4 Å². The average molecular weight is 843 g/mol. The number of ether oxygens (including phenoxy) is 3. The molecule has 4 aromatic rings. The number of amides is 4. The Kier molecular flexibility index (Phi) is 13.1. The molecule has 0 bridgehead atoms. The van der Waals surface area contributed by atoms with Gasteiger partial charge in [-0.2, -0.15) is 0 Å². The van der Waals surface area contributed by atoms with Gasteiger partial charge in [0.15, 0.2) is 0 Å². The lowest BCUT2D eigenvalue weighted by molar-refractivity contribution is -0.137. The summed E-state index contributed by atoms with van der Waals surface area (Å²) in [4.78, 5) is 72.2. The average Bonchev–Trinajstić information content (AvgIpc) is 4.07. The summed E-state index contributed by atoms with van der Waals surface area (Å²) in [5.41, 5.74) is 5.25. The third kappa shape index (κ3) is 9.16. The van der Waals surface area contributed by atoms with Crippen molar-refractivity contribution in [3.63, 3.8) is 0 Å². The van der Waals surface area contributed by atoms with Crippen molar-refractivity contribution in [1.82, 2.24) is 40.4 Å². The van der Waals surface area contributed by atoms with Gasteiger partial charge >= 0.3 is 12.2 Å². The van der Waals surface area contributed by atoms with Crippen LogP contribution in [0.15, 0.2) is 54.7 Å². The number of alkyl carbamates (subject to hydrolysis) is 2. The number of rotatable bonds is 11. The van der Waals surface area contributed by atoms with Gasteiger partial charge in [0.25, 0.3) is 0 Å². The SMILES string of the molecule is COC(=O)N[C@H](C(=O)N1C[C@@H](C)C[C@H]1c1ncc(-c2ccc(-c3ccc(-c4nc([C@@H]5C[C@H](C)CN5C(=O)[C@@H](NC(=O)OC)C5CCOCC5)[nH]c4Cl)cc3)cc2)[nH]1)C(C)C. The van der Waals surface area contributed by atoms with E-state index in [0.717, 1.165) is 34.4 Å². The molecule has 0 saturated carbocycles. The summed E-state index contributed by atoms with van der Waals surface area (Å²) in [6.07, 6.45) is 3.32. The molecule has 16 heteroatoms. The second-order valence-corrected chi connectivity index (χ2v) is 17.1. The number of hydrogen-bond acceptors (Lipinski definition) is 9. The number of likely N-dealkylation sites (tertiary alicyclic amines) is 2. The molecule has 0 radical (unpaired) electrons. The zero-order chi connectivity index (χ0) is 42.7. The summed E-state index contributed by atoms with van der Waals surface area (Å²) >= 11 is 6.79. The van der Waals surface area contributed by atoms with Crippen molar-refractivity contribution in [3.8, 4) is 33.6 Å². The zero-order valence-corrected chi connectivity index (χ0v) is 35.8. The maximum Gasteiger partial charge on any atom is 0.407 e. The molecule has 4 amide bonds. The summed E-state index contributed by atoms with van der Waals surface area (Å²) in [5.74, 6) is 1.30. The summed E-state index contributed by atoms with van der Waals surface area (Å²) in [6, 6.07) is 14.2. The van der Waals surface area contributed by atoms with Gasteiger partial charge < -0.3 is 44.6 Å². The summed E-state index contributed by atoms with van der Waals surface area (Å²) in [5, 5.41) is 5.90. The molecule has 3 aliphatic heterocycles. The Hall–Kier alpha value is -5.41. The third-order valence-electron chi connectivity index (χ3n) is 12.0. The fourth-order valence-corrected chi connectivity index (χ4v) is 9.05. The van der Waals surface area contributed by atoms with Crippen LogP contribution in [0.3, 0.4) is 0 Å². The number of carbonyl (C=O) groups excluding carboxylic acids is 4. The Labute approximate surface area is 355 Å². The molecule has 6 atom stereocenters. The molecule has 0 aliphatic carbocycles. The highest BCUT2D eigenvalue weighted by Crippen LogP contribution is 2.39. The van der Waals surface area contributed by atoms with Gasteiger partial charge in [-0.25, -0.2) is 19.6 Å². The second kappa shape index (κ2) is 18.5. The lowest BCUT2D eigenvalue weighted by Crippen LogP contribution is -2.53. The van der Waals surface area contributed by atoms with Crippen LogP contribution in [0.1, 0.15) is 77.1 Å². The molecule has 5 heterocycles. The lowest BCUT2D eigenvalue weighted by atomic mass is 9.90. The van der Waals surface area contributed by atoms with E-state index in [1.165, 1.54) is 14.2 Å². The Morgan fingerprint density at radius 1 is 0.767 bits per heavy atom. The van der Waals surface area contributed by atoms with Gasteiger partial charge in [0.2, 0.25) is 11.8 Å². The Bertz CT molecular complexity index is 2150. The largest absolute Gasteiger partial charge is 0.453 e. The van der Waals surface area contributed by atoms with Gasteiger partial charge in [-0.15, -0.1) is 0 Å². The third-order valence-corrected chi connectivity index (χ3v) is 12.3. The van der Waals surface area contributed by atoms with Crippen LogP contribution >= 0.6 is 11.6 Å². The van der Waals surface area contributed by atoms with Gasteiger partial charge in [-0.05, 0) is 66.0 Å². The minimum Gasteiger partial charge on any atom is -0.453 e. The predicted octanol–water partition coefficient (Wildman–Crippen LogP) is 7.14. The van der Waals surface area contributed by atoms with Crippen molar-refractivity contribution in [2.24, 2.45) is 23.7 Å². The van der Waals surface area contributed by atoms with Crippen LogP contribution in [0.25, 0.3) is 33.6 Å². The van der Waals surface area contributed by atoms with Gasteiger partial charge in [-0.3, -0.25) is 9.59 Å². The quantitative estimate of drug-likeness (QED) is 0.122. The van der Waals surface area contributed by atoms with E-state index in [9.17, 15) is 19.2 Å². The Morgan fingerprint density at radius 3 is 1.88 bits per heavy atom. The maximum absolute atomic E-state index is 14.1. The van der Waals surface area contributed by atoms with Crippen LogP contribution in [0, 0.1) is 23.7 Å². The molecule has 4 N–H and O–H groups in total. The number of aromatic amines is 2. The van der Waals surface area contributed by atoms with Gasteiger partial charge in [-0.1, -0.05) is 87.8 Å². The number of carbonyl (C=O) groups is 4. The summed E-state index contributed by atoms with van der Waals surface area (Å²) < 4.78 is 15.2. The zero-order valence-electron chi connectivity index (χ0n) is 35.0. The van der Waals surface area contributed by atoms with E-state index in [1.54, 1.807) is 6.20 Å². The number of aromatic nitrogens is 4. The van der Waals surface area contributed by atoms with Crippen molar-refractivity contribution in [2.75, 3.05) is 40.5 Å². The van der Waals surface area contributed by atoms with E-state index in [-0.39, 0.29) is 47.6 Å². The predicted molar refractivity (Wildman–Crippen MR) is 226 cm³/mol. The smallest absolute Gasteiger partial charge is 0.407 e. The van der Waals surface area contributed by atoms with Gasteiger partial charge in [0, 0.05) is 31.9 Å². The minimum absolute atomic E-state index is 0.0656. The second-order valence-electron chi connectivity index (χ2n) is 16.7. The van der Waals surface area contributed by atoms with Crippen molar-refractivity contribution in [1.29, 1.82) is 0 Å². The molecule has 3 fully saturated rings. The first kappa shape index (κ1) is 42.7. The first-order valence-electron chi connectivity index (χ1n) is 20.7. The highest BCUT2D eigenvalue weighted by Gasteiger charge is 2.43. The van der Waals surface area contributed by atoms with E-state index < -0.39 is 24.3 Å². The molecule has 2 aromatic carbocycles. The monoisotopic (exact) mass is 842 g/mol.